The number of carbonyl (C=O) groups is 1. The van der Waals surface area contributed by atoms with E-state index in [0.29, 0.717) is 23.6 Å². The van der Waals surface area contributed by atoms with Gasteiger partial charge in [-0.1, -0.05) is 6.07 Å². The molecule has 1 unspecified atom stereocenters. The summed E-state index contributed by atoms with van der Waals surface area (Å²) in [5, 5.41) is 8.71. The maximum absolute atomic E-state index is 14.3. The van der Waals surface area contributed by atoms with Gasteiger partial charge in [0.15, 0.2) is 11.6 Å². The number of nitrogens with two attached hydrogens (primary N) is 1. The maximum Gasteiger partial charge on any atom is 0.245 e. The molecule has 1 aromatic heterocycles. The molecule has 1 aliphatic carbocycles. The number of amides is 1. The topological polar surface area (TPSA) is 77.2 Å². The van der Waals surface area contributed by atoms with Crippen LogP contribution in [0.3, 0.4) is 0 Å². The fraction of sp³-hybridized carbons (Fsp3) is 0.429. The average molecular weight is 457 g/mol. The third-order valence-electron chi connectivity index (χ3n) is 5.52. The summed E-state index contributed by atoms with van der Waals surface area (Å²) in [7, 11) is 1.20. The van der Waals surface area contributed by atoms with E-state index in [2.05, 4.69) is 10.3 Å². The minimum absolute atomic E-state index is 0.288. The van der Waals surface area contributed by atoms with E-state index in [1.165, 1.54) is 19.4 Å². The molecule has 3 N–H and O–H groups in total. The molecule has 1 aromatic carbocycles. The zero-order valence-corrected chi connectivity index (χ0v) is 17.8. The van der Waals surface area contributed by atoms with E-state index in [0.717, 1.165) is 24.9 Å². The van der Waals surface area contributed by atoms with Crippen LogP contribution in [-0.4, -0.2) is 23.9 Å². The number of ether oxygens (including phenoxy) is 1. The lowest BCUT2D eigenvalue weighted by atomic mass is 9.81. The highest BCUT2D eigenvalue weighted by atomic mass is 32.2. The summed E-state index contributed by atoms with van der Waals surface area (Å²) in [6.45, 7) is 0.807. The number of anilines is 1. The summed E-state index contributed by atoms with van der Waals surface area (Å²) in [6, 6.07) is 5.43. The predicted molar refractivity (Wildman–Crippen MR) is 110 cm³/mol. The van der Waals surface area contributed by atoms with Crippen molar-refractivity contribution in [2.75, 3.05) is 12.4 Å². The van der Waals surface area contributed by atoms with Crippen LogP contribution >= 0.6 is 11.9 Å². The van der Waals surface area contributed by atoms with Crippen LogP contribution in [0.15, 0.2) is 35.5 Å². The van der Waals surface area contributed by atoms with Gasteiger partial charge in [0.2, 0.25) is 17.6 Å². The van der Waals surface area contributed by atoms with Gasteiger partial charge in [-0.3, -0.25) is 9.93 Å². The number of hydrogen-bond donors (Lipinski definition) is 2. The van der Waals surface area contributed by atoms with Crippen molar-refractivity contribution < 1.29 is 27.1 Å². The number of rotatable bonds is 7. The van der Waals surface area contributed by atoms with E-state index in [9.17, 15) is 22.4 Å². The number of methoxy groups -OCH3 is 1. The highest BCUT2D eigenvalue weighted by molar-refractivity contribution is 7.97. The number of halogens is 4. The summed E-state index contributed by atoms with van der Waals surface area (Å²) < 4.78 is 60.7. The predicted octanol–water partition coefficient (Wildman–Crippen LogP) is 5.13. The van der Waals surface area contributed by atoms with Crippen molar-refractivity contribution in [3.63, 3.8) is 0 Å². The fourth-order valence-electron chi connectivity index (χ4n) is 4.34. The molecule has 1 aliphatic rings. The summed E-state index contributed by atoms with van der Waals surface area (Å²) in [6.07, 6.45) is 1.68. The fourth-order valence-corrected chi connectivity index (χ4v) is 4.66. The molecule has 168 valence electrons. The van der Waals surface area contributed by atoms with Crippen LogP contribution in [0.2, 0.25) is 0 Å². The Morgan fingerprint density at radius 2 is 2.06 bits per heavy atom. The third kappa shape index (κ3) is 5.30. The largest absolute Gasteiger partial charge is 0.493 e. The first-order valence-corrected chi connectivity index (χ1v) is 10.6. The Labute approximate surface area is 181 Å². The Balaban J connectivity index is 1.97. The van der Waals surface area contributed by atoms with Crippen LogP contribution in [0.5, 0.6) is 5.75 Å². The Morgan fingerprint density at radius 3 is 2.71 bits per heavy atom. The second-order valence-electron chi connectivity index (χ2n) is 7.72. The number of nitrogens with zero attached hydrogens (tertiary/aromatic N) is 1. The monoisotopic (exact) mass is 457 g/mol. The molecule has 5 nitrogen and oxygen atoms in total. The highest BCUT2D eigenvalue weighted by Gasteiger charge is 2.46. The molecule has 0 bridgehead atoms. The summed E-state index contributed by atoms with van der Waals surface area (Å²) in [5.74, 6) is -8.15. The average Bonchev–Trinajstić information content (AvgIpc) is 3.11. The Morgan fingerprint density at radius 1 is 1.32 bits per heavy atom. The summed E-state index contributed by atoms with van der Waals surface area (Å²) in [5.41, 5.74) is 0.703. The van der Waals surface area contributed by atoms with Gasteiger partial charge >= 0.3 is 0 Å². The lowest BCUT2D eigenvalue weighted by Gasteiger charge is -2.27. The van der Waals surface area contributed by atoms with Crippen molar-refractivity contribution in [2.45, 2.75) is 43.1 Å². The van der Waals surface area contributed by atoms with Crippen molar-refractivity contribution in [3.8, 4) is 5.75 Å². The smallest absolute Gasteiger partial charge is 0.245 e. The van der Waals surface area contributed by atoms with Gasteiger partial charge < -0.3 is 10.1 Å². The molecular weight excluding hydrogens is 434 g/mol. The summed E-state index contributed by atoms with van der Waals surface area (Å²) in [4.78, 5) is 17.2. The molecule has 1 fully saturated rings. The molecule has 0 saturated heterocycles. The van der Waals surface area contributed by atoms with Gasteiger partial charge in [0.25, 0.3) is 0 Å². The second-order valence-corrected chi connectivity index (χ2v) is 8.37. The van der Waals surface area contributed by atoms with Crippen molar-refractivity contribution in [1.29, 1.82) is 0 Å². The van der Waals surface area contributed by atoms with Gasteiger partial charge in [-0.05, 0) is 61.7 Å². The van der Waals surface area contributed by atoms with Gasteiger partial charge in [0.05, 0.1) is 7.11 Å². The minimum Gasteiger partial charge on any atom is -0.493 e. The molecule has 1 saturated carbocycles. The van der Waals surface area contributed by atoms with Crippen molar-refractivity contribution in [3.05, 3.63) is 47.7 Å². The van der Waals surface area contributed by atoms with Crippen molar-refractivity contribution >= 4 is 23.5 Å². The van der Waals surface area contributed by atoms with E-state index in [-0.39, 0.29) is 11.3 Å². The third-order valence-corrected chi connectivity index (χ3v) is 5.99. The number of carbonyl (C=O) groups excluding carboxylic acids is 1. The first-order valence-electron chi connectivity index (χ1n) is 9.68. The molecule has 3 rings (SSSR count). The molecule has 10 heteroatoms. The van der Waals surface area contributed by atoms with Gasteiger partial charge in [0.1, 0.15) is 5.03 Å². The first-order chi connectivity index (χ1) is 14.6. The number of benzene rings is 1. The number of hydrogen-bond acceptors (Lipinski definition) is 5. The Kier molecular flexibility index (Phi) is 7.10. The van der Waals surface area contributed by atoms with Gasteiger partial charge in [-0.25, -0.2) is 18.2 Å². The summed E-state index contributed by atoms with van der Waals surface area (Å²) >= 11 is 0.901. The molecule has 1 amide bonds. The van der Waals surface area contributed by atoms with Crippen LogP contribution in [-0.2, 0) is 4.79 Å². The quantitative estimate of drug-likeness (QED) is 0.445. The SMILES string of the molecule is COc1c([C@@H]2CC[C@H](CC(C)(F)F)C2C(=O)Nc2ccnc(SN)c2)ccc(F)c1F. The van der Waals surface area contributed by atoms with Crippen molar-refractivity contribution in [1.82, 2.24) is 4.98 Å². The highest BCUT2D eigenvalue weighted by Crippen LogP contribution is 2.50. The molecule has 0 aliphatic heterocycles. The van der Waals surface area contributed by atoms with Gasteiger partial charge in [-0.2, -0.15) is 4.39 Å². The Hall–Kier alpha value is -2.33. The molecule has 1 heterocycles. The normalized spacial score (nSPS) is 21.2. The van der Waals surface area contributed by atoms with Crippen LogP contribution in [0, 0.1) is 23.5 Å². The van der Waals surface area contributed by atoms with Crippen LogP contribution in [0.25, 0.3) is 0 Å². The molecule has 0 radical (unpaired) electrons. The number of aromatic nitrogens is 1. The first kappa shape index (κ1) is 23.3. The van der Waals surface area contributed by atoms with E-state index in [4.69, 9.17) is 9.88 Å². The van der Waals surface area contributed by atoms with E-state index in [1.807, 2.05) is 0 Å². The standard InChI is InChI=1S/C21H23F4N3O2S/c1-21(24,25)10-11-3-4-13(14-5-6-15(22)18(23)19(14)30-2)17(11)20(29)28-12-7-8-27-16(9-12)31-26/h5-9,11,13,17H,3-4,10,26H2,1-2H3,(H,27,28,29)/t11-,13+,17?/m1/s1. The second kappa shape index (κ2) is 9.44. The van der Waals surface area contributed by atoms with E-state index in [1.54, 1.807) is 12.1 Å². The van der Waals surface area contributed by atoms with Crippen LogP contribution in [0.1, 0.15) is 37.7 Å². The van der Waals surface area contributed by atoms with Crippen LogP contribution in [0.4, 0.5) is 23.2 Å². The zero-order valence-electron chi connectivity index (χ0n) is 17.0. The zero-order chi connectivity index (χ0) is 22.8. The molecule has 0 spiro atoms. The van der Waals surface area contributed by atoms with Crippen LogP contribution < -0.4 is 15.2 Å². The van der Waals surface area contributed by atoms with E-state index < -0.39 is 47.6 Å². The molecule has 3 atom stereocenters. The number of pyridine rings is 1. The van der Waals surface area contributed by atoms with E-state index >= 15 is 0 Å². The lowest BCUT2D eigenvalue weighted by Crippen LogP contribution is -2.32. The van der Waals surface area contributed by atoms with Gasteiger partial charge in [-0.15, -0.1) is 0 Å². The molecule has 2 aromatic rings. The minimum atomic E-state index is -2.98. The lowest BCUT2D eigenvalue weighted by molar-refractivity contribution is -0.122. The number of nitrogens with one attached hydrogen (secondary N) is 1. The van der Waals surface area contributed by atoms with Gasteiger partial charge in [0, 0.05) is 29.8 Å². The molecule has 31 heavy (non-hydrogen) atoms. The number of alkyl halides is 2. The maximum atomic E-state index is 14.3. The molecular formula is C21H23F4N3O2S. The van der Waals surface area contributed by atoms with Crippen molar-refractivity contribution in [2.24, 2.45) is 17.0 Å². The Bertz CT molecular complexity index is 955.